The summed E-state index contributed by atoms with van der Waals surface area (Å²) in [6.45, 7) is 0. The Morgan fingerprint density at radius 3 is 2.65 bits per heavy atom. The predicted octanol–water partition coefficient (Wildman–Crippen LogP) is 3.62. The molecule has 26 heavy (non-hydrogen) atoms. The number of carbonyl (C=O) groups excluding carboxylic acids is 2. The molecule has 12 heteroatoms. The van der Waals surface area contributed by atoms with Crippen LogP contribution in [0, 0.1) is 0 Å². The standard InChI is InChI=1S/C14H8Cl2F3N3O3S/c1-25-10(23)4-9-12(24)21-13(26-9)22-20-5-6-2-7(14(17,18)19)11(16)8(15)3-6/h2-5H,1H3,(H,21,22,24)/b9-4+,20-5?. The predicted molar refractivity (Wildman–Crippen MR) is 92.3 cm³/mol. The molecule has 0 atom stereocenters. The van der Waals surface area contributed by atoms with Crippen LogP contribution >= 0.6 is 35.0 Å². The molecule has 0 aromatic heterocycles. The van der Waals surface area contributed by atoms with Crippen molar-refractivity contribution in [1.29, 1.82) is 0 Å². The number of alkyl halides is 3. The van der Waals surface area contributed by atoms with E-state index in [1.807, 2.05) is 0 Å². The van der Waals surface area contributed by atoms with Gasteiger partial charge in [-0.2, -0.15) is 18.3 Å². The SMILES string of the molecule is COC(=O)/C=C1/S/C(=N\N=Cc2cc(Cl)c(Cl)c(C(F)(F)F)c2)NC1=O. The number of carbonyl (C=O) groups is 2. The van der Waals surface area contributed by atoms with Crippen LogP contribution < -0.4 is 5.32 Å². The minimum Gasteiger partial charge on any atom is -0.466 e. The number of hydrogen-bond acceptors (Lipinski definition) is 6. The molecule has 1 aromatic rings. The molecule has 1 aliphatic rings. The van der Waals surface area contributed by atoms with Crippen LogP contribution in [-0.2, 0) is 20.5 Å². The lowest BCUT2D eigenvalue weighted by atomic mass is 10.1. The van der Waals surface area contributed by atoms with Gasteiger partial charge in [0.25, 0.3) is 5.91 Å². The number of nitrogens with zero attached hydrogens (tertiary/aromatic N) is 2. The van der Waals surface area contributed by atoms with Crippen molar-refractivity contribution in [1.82, 2.24) is 5.32 Å². The van der Waals surface area contributed by atoms with Crippen molar-refractivity contribution in [2.45, 2.75) is 6.18 Å². The van der Waals surface area contributed by atoms with E-state index in [2.05, 4.69) is 20.3 Å². The number of amidine groups is 1. The maximum Gasteiger partial charge on any atom is 0.417 e. The van der Waals surface area contributed by atoms with E-state index in [4.69, 9.17) is 23.2 Å². The van der Waals surface area contributed by atoms with Gasteiger partial charge < -0.3 is 4.74 Å². The highest BCUT2D eigenvalue weighted by molar-refractivity contribution is 8.18. The molecule has 1 amide bonds. The highest BCUT2D eigenvalue weighted by Gasteiger charge is 2.34. The summed E-state index contributed by atoms with van der Waals surface area (Å²) in [5, 5.41) is 8.73. The minimum atomic E-state index is -4.68. The van der Waals surface area contributed by atoms with Gasteiger partial charge in [-0.15, -0.1) is 5.10 Å². The van der Waals surface area contributed by atoms with Crippen molar-refractivity contribution < 1.29 is 27.5 Å². The second-order valence-corrected chi connectivity index (χ2v) is 6.42. The lowest BCUT2D eigenvalue weighted by Gasteiger charge is -2.10. The Hall–Kier alpha value is -2.04. The van der Waals surface area contributed by atoms with Crippen molar-refractivity contribution in [3.8, 4) is 0 Å². The lowest BCUT2D eigenvalue weighted by Crippen LogP contribution is -2.19. The molecule has 1 heterocycles. The Labute approximate surface area is 159 Å². The number of ether oxygens (including phenoxy) is 1. The topological polar surface area (TPSA) is 80.1 Å². The van der Waals surface area contributed by atoms with Gasteiger partial charge >= 0.3 is 12.1 Å². The number of rotatable bonds is 3. The van der Waals surface area contributed by atoms with Crippen LogP contribution in [0.3, 0.4) is 0 Å². The first kappa shape index (κ1) is 20.3. The van der Waals surface area contributed by atoms with Crippen molar-refractivity contribution in [3.63, 3.8) is 0 Å². The van der Waals surface area contributed by atoms with E-state index < -0.39 is 28.6 Å². The van der Waals surface area contributed by atoms with Crippen LogP contribution in [0.2, 0.25) is 10.0 Å². The maximum absolute atomic E-state index is 12.9. The zero-order valence-corrected chi connectivity index (χ0v) is 15.1. The van der Waals surface area contributed by atoms with Gasteiger partial charge in [-0.3, -0.25) is 10.1 Å². The molecule has 0 bridgehead atoms. The zero-order chi connectivity index (χ0) is 19.5. The Morgan fingerprint density at radius 2 is 2.04 bits per heavy atom. The zero-order valence-electron chi connectivity index (χ0n) is 12.7. The molecule has 6 nitrogen and oxygen atoms in total. The van der Waals surface area contributed by atoms with E-state index in [0.717, 1.165) is 37.2 Å². The third kappa shape index (κ3) is 4.99. The van der Waals surface area contributed by atoms with E-state index in [0.29, 0.717) is 0 Å². The lowest BCUT2D eigenvalue weighted by molar-refractivity contribution is -0.137. The number of methoxy groups -OCH3 is 1. The molecule has 0 unspecified atom stereocenters. The monoisotopic (exact) mass is 425 g/mol. The smallest absolute Gasteiger partial charge is 0.417 e. The number of amides is 1. The van der Waals surface area contributed by atoms with E-state index in [9.17, 15) is 22.8 Å². The normalized spacial score (nSPS) is 18.0. The van der Waals surface area contributed by atoms with E-state index in [1.165, 1.54) is 6.07 Å². The summed E-state index contributed by atoms with van der Waals surface area (Å²) in [6, 6.07) is 1.95. The van der Waals surface area contributed by atoms with Gasteiger partial charge in [0.05, 0.1) is 33.8 Å². The third-order valence-corrected chi connectivity index (χ3v) is 4.51. The van der Waals surface area contributed by atoms with Crippen LogP contribution in [0.4, 0.5) is 13.2 Å². The van der Waals surface area contributed by atoms with Crippen LogP contribution in [0.25, 0.3) is 0 Å². The quantitative estimate of drug-likeness (QED) is 0.347. The van der Waals surface area contributed by atoms with E-state index >= 15 is 0 Å². The van der Waals surface area contributed by atoms with Gasteiger partial charge in [-0.1, -0.05) is 23.2 Å². The van der Waals surface area contributed by atoms with Gasteiger partial charge in [-0.05, 0) is 29.5 Å². The first-order valence-corrected chi connectivity index (χ1v) is 8.15. The van der Waals surface area contributed by atoms with Crippen LogP contribution in [-0.4, -0.2) is 30.4 Å². The fraction of sp³-hybridized carbons (Fsp3) is 0.143. The number of nitrogens with one attached hydrogen (secondary N) is 1. The molecule has 1 fully saturated rings. The van der Waals surface area contributed by atoms with Gasteiger partial charge in [0.15, 0.2) is 5.17 Å². The fourth-order valence-electron chi connectivity index (χ4n) is 1.68. The van der Waals surface area contributed by atoms with Gasteiger partial charge in [0.2, 0.25) is 0 Å². The Morgan fingerprint density at radius 1 is 1.35 bits per heavy atom. The van der Waals surface area contributed by atoms with Crippen molar-refractivity contribution >= 4 is 58.2 Å². The third-order valence-electron chi connectivity index (χ3n) is 2.81. The second kappa shape index (κ2) is 8.11. The Kier molecular flexibility index (Phi) is 6.32. The maximum atomic E-state index is 12.9. The highest BCUT2D eigenvalue weighted by Crippen LogP contribution is 2.38. The Bertz CT molecular complexity index is 854. The molecule has 0 radical (unpaired) electrons. The summed E-state index contributed by atoms with van der Waals surface area (Å²) in [5.74, 6) is -1.30. The number of benzene rings is 1. The molecule has 0 saturated carbocycles. The molecular formula is C14H8Cl2F3N3O3S. The number of hydrogen-bond donors (Lipinski definition) is 1. The molecule has 1 aliphatic heterocycles. The molecule has 138 valence electrons. The largest absolute Gasteiger partial charge is 0.466 e. The van der Waals surface area contributed by atoms with Crippen molar-refractivity contribution in [2.24, 2.45) is 10.2 Å². The van der Waals surface area contributed by atoms with Gasteiger partial charge in [0.1, 0.15) is 0 Å². The molecule has 0 aliphatic carbocycles. The van der Waals surface area contributed by atoms with Crippen LogP contribution in [0.15, 0.2) is 33.3 Å². The van der Waals surface area contributed by atoms with E-state index in [-0.39, 0.29) is 20.7 Å². The first-order valence-electron chi connectivity index (χ1n) is 6.58. The molecule has 2 rings (SSSR count). The number of halogens is 5. The van der Waals surface area contributed by atoms with Crippen molar-refractivity contribution in [2.75, 3.05) is 7.11 Å². The Balaban J connectivity index is 2.20. The molecule has 1 N–H and O–H groups in total. The van der Waals surface area contributed by atoms with Crippen LogP contribution in [0.5, 0.6) is 0 Å². The summed E-state index contributed by atoms with van der Waals surface area (Å²) >= 11 is 12.1. The summed E-state index contributed by atoms with van der Waals surface area (Å²) < 4.78 is 43.1. The van der Waals surface area contributed by atoms with E-state index in [1.54, 1.807) is 0 Å². The van der Waals surface area contributed by atoms with Crippen LogP contribution in [0.1, 0.15) is 11.1 Å². The summed E-state index contributed by atoms with van der Waals surface area (Å²) in [6.07, 6.45) is -2.70. The summed E-state index contributed by atoms with van der Waals surface area (Å²) in [5.41, 5.74) is -1.09. The fourth-order valence-corrected chi connectivity index (χ4v) is 2.86. The summed E-state index contributed by atoms with van der Waals surface area (Å²) in [4.78, 5) is 22.8. The van der Waals surface area contributed by atoms with Gasteiger partial charge in [-0.25, -0.2) is 4.79 Å². The minimum absolute atomic E-state index is 0.00993. The summed E-state index contributed by atoms with van der Waals surface area (Å²) in [7, 11) is 1.16. The molecule has 1 saturated heterocycles. The average molecular weight is 426 g/mol. The molecule has 0 spiro atoms. The number of thioether (sulfide) groups is 1. The van der Waals surface area contributed by atoms with Crippen molar-refractivity contribution in [3.05, 3.63) is 44.3 Å². The average Bonchev–Trinajstić information content (AvgIpc) is 2.89. The van der Waals surface area contributed by atoms with Gasteiger partial charge in [0, 0.05) is 6.08 Å². The first-order chi connectivity index (χ1) is 12.1. The number of esters is 1. The highest BCUT2D eigenvalue weighted by atomic mass is 35.5. The molecule has 1 aromatic carbocycles. The molecular weight excluding hydrogens is 418 g/mol. The second-order valence-electron chi connectivity index (χ2n) is 4.60.